The molecule has 2 amide bonds. The number of rotatable bonds is 4. The highest BCUT2D eigenvalue weighted by Gasteiger charge is 2.59. The van der Waals surface area contributed by atoms with Crippen molar-refractivity contribution < 1.29 is 38.1 Å². The Morgan fingerprint density at radius 3 is 2.00 bits per heavy atom. The third kappa shape index (κ3) is 2.56. The Hall–Kier alpha value is -0.200. The molecule has 1 fully saturated rings. The zero-order valence-electron chi connectivity index (χ0n) is 9.20. The maximum atomic E-state index is 12.4. The summed E-state index contributed by atoms with van der Waals surface area (Å²) in [6.07, 6.45) is 0. The Kier molecular flexibility index (Phi) is 4.16. The van der Waals surface area contributed by atoms with Crippen LogP contribution in [0.15, 0.2) is 0 Å². The summed E-state index contributed by atoms with van der Waals surface area (Å²) in [6, 6.07) is -1.01. The molecule has 1 heterocycles. The van der Waals surface area contributed by atoms with Crippen molar-refractivity contribution in [1.82, 2.24) is 9.99 Å². The molecule has 0 bridgehead atoms. The van der Waals surface area contributed by atoms with Crippen molar-refractivity contribution in [2.75, 3.05) is 13.1 Å². The minimum Gasteiger partial charge on any atom is -0.336 e. The van der Waals surface area contributed by atoms with Gasteiger partial charge in [-0.3, -0.25) is 18.4 Å². The number of nitrogens with one attached hydrogen (secondary N) is 1. The largest absolute Gasteiger partial charge is 0.402 e. The highest BCUT2D eigenvalue weighted by Crippen LogP contribution is 2.85. The second kappa shape index (κ2) is 4.72. The summed E-state index contributed by atoms with van der Waals surface area (Å²) in [5.74, 6) is 0. The van der Waals surface area contributed by atoms with Crippen LogP contribution in [0.1, 0.15) is 6.92 Å². The number of carbonyl (C=O) groups is 1. The van der Waals surface area contributed by atoms with Crippen LogP contribution in [0, 0.1) is 0 Å². The van der Waals surface area contributed by atoms with Gasteiger partial charge in [0.05, 0.1) is 0 Å². The van der Waals surface area contributed by atoms with Gasteiger partial charge in [-0.2, -0.15) is 0 Å². The van der Waals surface area contributed by atoms with Gasteiger partial charge < -0.3 is 24.9 Å². The van der Waals surface area contributed by atoms with E-state index in [0.29, 0.717) is 4.67 Å². The summed E-state index contributed by atoms with van der Waals surface area (Å²) in [6.45, 7) is -4.43. The molecule has 0 spiro atoms. The van der Waals surface area contributed by atoms with Crippen molar-refractivity contribution >= 4 is 27.9 Å². The molecule has 0 aromatic heterocycles. The first-order valence-electron chi connectivity index (χ1n) is 4.69. The molecule has 106 valence electrons. The molecule has 1 aliphatic rings. The molecule has 0 aromatic carbocycles. The van der Waals surface area contributed by atoms with Crippen molar-refractivity contribution in [3.05, 3.63) is 0 Å². The molecule has 18 heavy (non-hydrogen) atoms. The van der Waals surface area contributed by atoms with E-state index in [2.05, 4.69) is 5.32 Å². The monoisotopic (exact) mass is 322 g/mol. The van der Waals surface area contributed by atoms with Crippen molar-refractivity contribution in [3.8, 4) is 0 Å². The van der Waals surface area contributed by atoms with Gasteiger partial charge in [-0.15, -0.1) is 0 Å². The summed E-state index contributed by atoms with van der Waals surface area (Å²) in [4.78, 5) is 47.5. The molecule has 0 aromatic rings. The highest BCUT2D eigenvalue weighted by atomic mass is 32.1. The molecule has 1 aliphatic heterocycles. The Balaban J connectivity index is 3.38. The van der Waals surface area contributed by atoms with Crippen molar-refractivity contribution in [2.24, 2.45) is 0 Å². The van der Waals surface area contributed by atoms with Crippen LogP contribution in [0.5, 0.6) is 0 Å². The smallest absolute Gasteiger partial charge is 0.336 e. The van der Waals surface area contributed by atoms with Crippen LogP contribution in [0.2, 0.25) is 0 Å². The molecule has 0 radical (unpaired) electrons. The fraction of sp³-hybridized carbons (Fsp3) is 0.800. The summed E-state index contributed by atoms with van der Waals surface area (Å²) in [7, 11) is -10.4. The zero-order valence-corrected chi connectivity index (χ0v) is 11.9. The number of hydrogen-bond donors (Lipinski definition) is 5. The average molecular weight is 322 g/mol. The molecule has 0 saturated carbocycles. The van der Waals surface area contributed by atoms with E-state index in [-0.39, 0.29) is 13.1 Å². The van der Waals surface area contributed by atoms with Gasteiger partial charge in [0, 0.05) is 13.1 Å². The van der Waals surface area contributed by atoms with Gasteiger partial charge >= 0.3 is 20.9 Å². The topological polar surface area (TPSA) is 164 Å². The Morgan fingerprint density at radius 1 is 1.22 bits per heavy atom. The minimum absolute atomic E-state index is 0.00327. The summed E-state index contributed by atoms with van der Waals surface area (Å²) >= 11 is 0. The standard InChI is InChI=1S/C5H13N2O8P3/c1-4(17(10,11)12)16(9,18(13,14)15)7-3-2-6-5(7)8/h4H,2-3H2,1H3,(H,6,8)(H2,10,11,12)(H2,13,14,15). The van der Waals surface area contributed by atoms with Crippen LogP contribution >= 0.6 is 21.9 Å². The van der Waals surface area contributed by atoms with Gasteiger partial charge in [-0.1, -0.05) is 0 Å². The number of nitrogens with zero attached hydrogens (tertiary/aromatic N) is 1. The van der Waals surface area contributed by atoms with E-state index in [0.717, 1.165) is 6.92 Å². The molecule has 2 unspecified atom stereocenters. The van der Waals surface area contributed by atoms with Crippen LogP contribution in [0.25, 0.3) is 0 Å². The number of urea groups is 1. The maximum Gasteiger partial charge on any atom is 0.402 e. The predicted octanol–water partition coefficient (Wildman–Crippen LogP) is -0.0939. The van der Waals surface area contributed by atoms with Gasteiger partial charge in [-0.05, 0) is 6.92 Å². The van der Waals surface area contributed by atoms with E-state index in [4.69, 9.17) is 19.6 Å². The molecular formula is C5H13N2O8P3. The lowest BCUT2D eigenvalue weighted by Crippen LogP contribution is -2.29. The van der Waals surface area contributed by atoms with Crippen LogP contribution < -0.4 is 5.32 Å². The van der Waals surface area contributed by atoms with Gasteiger partial charge in [0.25, 0.3) is 6.98 Å². The third-order valence-corrected chi connectivity index (χ3v) is 12.6. The molecule has 2 atom stereocenters. The Morgan fingerprint density at radius 2 is 1.72 bits per heavy atom. The second-order valence-corrected chi connectivity index (χ2v) is 12.8. The zero-order chi connectivity index (χ0) is 14.4. The van der Waals surface area contributed by atoms with Gasteiger partial charge in [-0.25, -0.2) is 4.79 Å². The number of carbonyl (C=O) groups excluding carboxylic acids is 1. The van der Waals surface area contributed by atoms with E-state index in [9.17, 15) is 18.5 Å². The quantitative estimate of drug-likeness (QED) is 0.448. The SMILES string of the molecule is CC(P(=O)(O)O)P(=O)(N1CCNC1=O)P(=O)(O)O. The lowest BCUT2D eigenvalue weighted by atomic mass is 10.7. The van der Waals surface area contributed by atoms with Crippen molar-refractivity contribution in [2.45, 2.75) is 12.3 Å². The van der Waals surface area contributed by atoms with Crippen molar-refractivity contribution in [1.29, 1.82) is 0 Å². The average Bonchev–Trinajstić information content (AvgIpc) is 2.59. The van der Waals surface area contributed by atoms with Crippen molar-refractivity contribution in [3.63, 3.8) is 0 Å². The molecule has 1 rings (SSSR count). The lowest BCUT2D eigenvalue weighted by Gasteiger charge is -2.31. The highest BCUT2D eigenvalue weighted by molar-refractivity contribution is 8.32. The fourth-order valence-corrected chi connectivity index (χ4v) is 10.4. The first-order chi connectivity index (χ1) is 7.92. The fourth-order valence-electron chi connectivity index (χ4n) is 1.49. The molecule has 0 aliphatic carbocycles. The molecule has 5 N–H and O–H groups in total. The van der Waals surface area contributed by atoms with Gasteiger partial charge in [0.1, 0.15) is 5.40 Å². The normalized spacial score (nSPS) is 22.5. The molecule has 13 heteroatoms. The van der Waals surface area contributed by atoms with E-state index < -0.39 is 33.3 Å². The van der Waals surface area contributed by atoms with Crippen LogP contribution in [-0.2, 0) is 13.7 Å². The van der Waals surface area contributed by atoms with Gasteiger partial charge in [0.15, 0.2) is 0 Å². The van der Waals surface area contributed by atoms with E-state index >= 15 is 0 Å². The van der Waals surface area contributed by atoms with Crippen LogP contribution in [0.3, 0.4) is 0 Å². The maximum absolute atomic E-state index is 12.4. The van der Waals surface area contributed by atoms with E-state index in [1.165, 1.54) is 0 Å². The number of hydrogen-bond acceptors (Lipinski definition) is 4. The van der Waals surface area contributed by atoms with Gasteiger partial charge in [0.2, 0.25) is 0 Å². The van der Waals surface area contributed by atoms with E-state index in [1.807, 2.05) is 0 Å². The Labute approximate surface area is 102 Å². The minimum atomic E-state index is -5.40. The summed E-state index contributed by atoms with van der Waals surface area (Å²) in [5.41, 5.74) is 0. The van der Waals surface area contributed by atoms with Crippen LogP contribution in [-0.4, -0.2) is 48.8 Å². The predicted molar refractivity (Wildman–Crippen MR) is 61.3 cm³/mol. The first-order valence-corrected chi connectivity index (χ1v) is 10.4. The molecule has 10 nitrogen and oxygen atoms in total. The summed E-state index contributed by atoms with van der Waals surface area (Å²) in [5, 5.41) is 0.0422. The third-order valence-electron chi connectivity index (χ3n) is 2.53. The second-order valence-electron chi connectivity index (χ2n) is 3.68. The van der Waals surface area contributed by atoms with Crippen LogP contribution in [0.4, 0.5) is 4.79 Å². The van der Waals surface area contributed by atoms with E-state index in [1.54, 1.807) is 0 Å². The Bertz CT molecular complexity index is 487. The summed E-state index contributed by atoms with van der Waals surface area (Å²) < 4.78 is 35.2. The first kappa shape index (κ1) is 15.9. The molecular weight excluding hydrogens is 309 g/mol. The lowest BCUT2D eigenvalue weighted by molar-refractivity contribution is 0.235. The number of amides is 2. The molecule has 1 saturated heterocycles.